The first-order valence-electron chi connectivity index (χ1n) is 5.07. The summed E-state index contributed by atoms with van der Waals surface area (Å²) in [6.07, 6.45) is 9.72. The molecule has 1 aliphatic carbocycles. The van der Waals surface area contributed by atoms with Crippen molar-refractivity contribution < 1.29 is 0 Å². The van der Waals surface area contributed by atoms with Crippen LogP contribution in [0.5, 0.6) is 0 Å². The van der Waals surface area contributed by atoms with E-state index in [1.54, 1.807) is 0 Å². The molecule has 0 radical (unpaired) electrons. The van der Waals surface area contributed by atoms with Gasteiger partial charge in [0.2, 0.25) is 0 Å². The van der Waals surface area contributed by atoms with Crippen LogP contribution in [0, 0.1) is 0 Å². The van der Waals surface area contributed by atoms with Crippen LogP contribution in [-0.2, 0) is 0 Å². The summed E-state index contributed by atoms with van der Waals surface area (Å²) in [6.45, 7) is 2.38. The van der Waals surface area contributed by atoms with E-state index in [-0.39, 0.29) is 0 Å². The van der Waals surface area contributed by atoms with Crippen LogP contribution in [0.15, 0.2) is 12.2 Å². The Labute approximate surface area is 74.4 Å². The van der Waals surface area contributed by atoms with Crippen LogP contribution in [0.1, 0.15) is 25.7 Å². The van der Waals surface area contributed by atoms with Crippen LogP contribution in [-0.4, -0.2) is 25.2 Å². The van der Waals surface area contributed by atoms with Crippen molar-refractivity contribution >= 4 is 0 Å². The lowest BCUT2D eigenvalue weighted by Gasteiger charge is -2.16. The van der Waals surface area contributed by atoms with Gasteiger partial charge in [0.05, 0.1) is 0 Å². The molecule has 0 spiro atoms. The van der Waals surface area contributed by atoms with E-state index < -0.39 is 0 Å². The summed E-state index contributed by atoms with van der Waals surface area (Å²) < 4.78 is 0. The summed E-state index contributed by atoms with van der Waals surface area (Å²) in [5.74, 6) is 0. The molecular formula is C10H18N2. The Kier molecular flexibility index (Phi) is 2.79. The molecule has 2 nitrogen and oxygen atoms in total. The van der Waals surface area contributed by atoms with Gasteiger partial charge in [0.25, 0.3) is 0 Å². The Morgan fingerprint density at radius 2 is 2.17 bits per heavy atom. The first kappa shape index (κ1) is 8.27. The highest BCUT2D eigenvalue weighted by Gasteiger charge is 2.16. The van der Waals surface area contributed by atoms with Crippen molar-refractivity contribution in [3.05, 3.63) is 12.2 Å². The summed E-state index contributed by atoms with van der Waals surface area (Å²) in [5, 5.41) is 7.10. The monoisotopic (exact) mass is 166 g/mol. The van der Waals surface area contributed by atoms with Gasteiger partial charge in [0.15, 0.2) is 0 Å². The molecule has 0 aromatic heterocycles. The second-order valence-electron chi connectivity index (χ2n) is 3.84. The van der Waals surface area contributed by atoms with Crippen molar-refractivity contribution in [1.29, 1.82) is 0 Å². The van der Waals surface area contributed by atoms with Crippen molar-refractivity contribution in [2.24, 2.45) is 0 Å². The molecule has 1 aliphatic heterocycles. The molecule has 1 heterocycles. The van der Waals surface area contributed by atoms with Crippen LogP contribution in [0.2, 0.25) is 0 Å². The molecule has 12 heavy (non-hydrogen) atoms. The second-order valence-corrected chi connectivity index (χ2v) is 3.84. The van der Waals surface area contributed by atoms with Crippen LogP contribution in [0.4, 0.5) is 0 Å². The minimum Gasteiger partial charge on any atom is -0.313 e. The third-order valence-electron chi connectivity index (χ3n) is 2.82. The Hall–Kier alpha value is -0.340. The fourth-order valence-electron chi connectivity index (χ4n) is 2.02. The van der Waals surface area contributed by atoms with Gasteiger partial charge in [-0.25, -0.2) is 0 Å². The second kappa shape index (κ2) is 4.06. The molecule has 1 saturated heterocycles. The molecular weight excluding hydrogens is 148 g/mol. The normalized spacial score (nSPS) is 30.2. The summed E-state index contributed by atoms with van der Waals surface area (Å²) in [4.78, 5) is 0. The summed E-state index contributed by atoms with van der Waals surface area (Å²) in [5.41, 5.74) is 0. The van der Waals surface area contributed by atoms with Gasteiger partial charge < -0.3 is 10.6 Å². The summed E-state index contributed by atoms with van der Waals surface area (Å²) in [6, 6.07) is 1.47. The van der Waals surface area contributed by atoms with Gasteiger partial charge >= 0.3 is 0 Å². The highest BCUT2D eigenvalue weighted by molar-refractivity contribution is 4.98. The quantitative estimate of drug-likeness (QED) is 0.612. The van der Waals surface area contributed by atoms with Gasteiger partial charge in [-0.15, -0.1) is 0 Å². The lowest BCUT2D eigenvalue weighted by molar-refractivity contribution is 0.473. The van der Waals surface area contributed by atoms with E-state index in [1.165, 1.54) is 32.2 Å². The van der Waals surface area contributed by atoms with E-state index >= 15 is 0 Å². The Morgan fingerprint density at radius 1 is 1.33 bits per heavy atom. The summed E-state index contributed by atoms with van der Waals surface area (Å²) in [7, 11) is 0. The average molecular weight is 166 g/mol. The van der Waals surface area contributed by atoms with Crippen LogP contribution >= 0.6 is 0 Å². The number of hydrogen-bond donors (Lipinski definition) is 2. The van der Waals surface area contributed by atoms with Crippen molar-refractivity contribution in [3.8, 4) is 0 Å². The maximum atomic E-state index is 3.60. The molecule has 68 valence electrons. The maximum absolute atomic E-state index is 3.60. The van der Waals surface area contributed by atoms with Gasteiger partial charge in [-0.2, -0.15) is 0 Å². The van der Waals surface area contributed by atoms with Crippen molar-refractivity contribution in [3.63, 3.8) is 0 Å². The molecule has 1 fully saturated rings. The Balaban J connectivity index is 1.61. The Bertz CT molecular complexity index is 149. The zero-order chi connectivity index (χ0) is 8.23. The standard InChI is InChI=1S/C10H18N2/c1-2-5-9(4-1)12-8-10-6-3-7-11-10/h1-2,9-12H,3-8H2. The molecule has 0 bridgehead atoms. The zero-order valence-corrected chi connectivity index (χ0v) is 7.55. The van der Waals surface area contributed by atoms with E-state index in [0.717, 1.165) is 18.6 Å². The van der Waals surface area contributed by atoms with Crippen LogP contribution in [0.25, 0.3) is 0 Å². The molecule has 2 rings (SSSR count). The fourth-order valence-corrected chi connectivity index (χ4v) is 2.02. The number of nitrogens with one attached hydrogen (secondary N) is 2. The first-order valence-corrected chi connectivity index (χ1v) is 5.07. The van der Waals surface area contributed by atoms with Gasteiger partial charge in [-0.1, -0.05) is 12.2 Å². The molecule has 0 amide bonds. The van der Waals surface area contributed by atoms with Gasteiger partial charge in [0.1, 0.15) is 0 Å². The number of hydrogen-bond acceptors (Lipinski definition) is 2. The largest absolute Gasteiger partial charge is 0.313 e. The SMILES string of the molecule is C1=CCC(NCC2CCCN2)C1. The van der Waals surface area contributed by atoms with E-state index in [0.29, 0.717) is 0 Å². The molecule has 0 saturated carbocycles. The van der Waals surface area contributed by atoms with Gasteiger partial charge in [-0.3, -0.25) is 0 Å². The van der Waals surface area contributed by atoms with Gasteiger partial charge in [-0.05, 0) is 32.2 Å². The molecule has 1 atom stereocenters. The predicted molar refractivity (Wildman–Crippen MR) is 51.2 cm³/mol. The molecule has 0 aromatic rings. The third-order valence-corrected chi connectivity index (χ3v) is 2.82. The van der Waals surface area contributed by atoms with Crippen LogP contribution < -0.4 is 10.6 Å². The van der Waals surface area contributed by atoms with E-state index in [2.05, 4.69) is 22.8 Å². The molecule has 2 aliphatic rings. The predicted octanol–water partition coefficient (Wildman–Crippen LogP) is 1.05. The first-order chi connectivity index (χ1) is 5.95. The Morgan fingerprint density at radius 3 is 2.83 bits per heavy atom. The lowest BCUT2D eigenvalue weighted by Crippen LogP contribution is -2.38. The summed E-state index contributed by atoms with van der Waals surface area (Å²) >= 11 is 0. The maximum Gasteiger partial charge on any atom is 0.0193 e. The van der Waals surface area contributed by atoms with Crippen molar-refractivity contribution in [1.82, 2.24) is 10.6 Å². The fraction of sp³-hybridized carbons (Fsp3) is 0.800. The third kappa shape index (κ3) is 2.08. The number of rotatable bonds is 3. The van der Waals surface area contributed by atoms with E-state index in [1.807, 2.05) is 0 Å². The lowest BCUT2D eigenvalue weighted by atomic mass is 10.2. The smallest absolute Gasteiger partial charge is 0.0193 e. The van der Waals surface area contributed by atoms with E-state index in [9.17, 15) is 0 Å². The van der Waals surface area contributed by atoms with Crippen LogP contribution in [0.3, 0.4) is 0 Å². The highest BCUT2D eigenvalue weighted by Crippen LogP contribution is 2.10. The van der Waals surface area contributed by atoms with Crippen molar-refractivity contribution in [2.45, 2.75) is 37.8 Å². The van der Waals surface area contributed by atoms with Gasteiger partial charge in [0, 0.05) is 18.6 Å². The molecule has 1 unspecified atom stereocenters. The zero-order valence-electron chi connectivity index (χ0n) is 7.55. The molecule has 2 N–H and O–H groups in total. The topological polar surface area (TPSA) is 24.1 Å². The minimum atomic E-state index is 0.729. The molecule has 0 aromatic carbocycles. The average Bonchev–Trinajstić information content (AvgIpc) is 2.74. The highest BCUT2D eigenvalue weighted by atomic mass is 15.0. The van der Waals surface area contributed by atoms with E-state index in [4.69, 9.17) is 0 Å². The van der Waals surface area contributed by atoms with Crippen molar-refractivity contribution in [2.75, 3.05) is 13.1 Å². The minimum absolute atomic E-state index is 0.729. The molecule has 2 heteroatoms.